The third kappa shape index (κ3) is 4.14. The Morgan fingerprint density at radius 2 is 2.20 bits per heavy atom. The van der Waals surface area contributed by atoms with Crippen LogP contribution in [0.2, 0.25) is 0 Å². The molecule has 0 aromatic heterocycles. The maximum absolute atomic E-state index is 4.96. The first-order valence-corrected chi connectivity index (χ1v) is 4.73. The molecule has 0 aromatic carbocycles. The largest absolute Gasteiger partial charge is 0.383 e. The van der Waals surface area contributed by atoms with Crippen LogP contribution in [0.3, 0.4) is 0 Å². The molecule has 0 heterocycles. The summed E-state index contributed by atoms with van der Waals surface area (Å²) in [7, 11) is 3.85. The molecule has 0 aliphatic rings. The summed E-state index contributed by atoms with van der Waals surface area (Å²) >= 11 is 1.85. The van der Waals surface area contributed by atoms with E-state index in [0.29, 0.717) is 5.37 Å². The average Bonchev–Trinajstić information content (AvgIpc) is 1.98. The van der Waals surface area contributed by atoms with E-state index < -0.39 is 0 Å². The molecule has 0 fully saturated rings. The van der Waals surface area contributed by atoms with Gasteiger partial charge >= 0.3 is 0 Å². The lowest BCUT2D eigenvalue weighted by molar-refractivity contribution is 0.159. The molecule has 0 N–H and O–H groups in total. The van der Waals surface area contributed by atoms with Crippen molar-refractivity contribution < 1.29 is 4.74 Å². The average molecular weight is 163 g/mol. The molecule has 10 heavy (non-hydrogen) atoms. The van der Waals surface area contributed by atoms with Gasteiger partial charge in [0, 0.05) is 13.7 Å². The number of hydrogen-bond donors (Lipinski definition) is 0. The Balaban J connectivity index is 3.31. The number of nitrogens with zero attached hydrogens (tertiary/aromatic N) is 1. The van der Waals surface area contributed by atoms with Crippen molar-refractivity contribution in [2.75, 3.05) is 33.6 Å². The van der Waals surface area contributed by atoms with E-state index in [0.717, 1.165) is 13.2 Å². The Kier molecular flexibility index (Phi) is 6.17. The first-order valence-electron chi connectivity index (χ1n) is 3.44. The zero-order valence-electron chi connectivity index (χ0n) is 7.26. The van der Waals surface area contributed by atoms with Gasteiger partial charge in [0.25, 0.3) is 0 Å². The summed E-state index contributed by atoms with van der Waals surface area (Å²) in [6, 6.07) is 0. The molecule has 0 aliphatic carbocycles. The van der Waals surface area contributed by atoms with Crippen LogP contribution in [0.1, 0.15) is 6.92 Å². The van der Waals surface area contributed by atoms with Crippen LogP contribution in [0.15, 0.2) is 0 Å². The Morgan fingerprint density at radius 3 is 2.60 bits per heavy atom. The Bertz CT molecular complexity index is 80.0. The minimum Gasteiger partial charge on any atom is -0.383 e. The van der Waals surface area contributed by atoms with E-state index in [-0.39, 0.29) is 0 Å². The lowest BCUT2D eigenvalue weighted by Crippen LogP contribution is -2.29. The highest BCUT2D eigenvalue weighted by molar-refractivity contribution is 7.99. The van der Waals surface area contributed by atoms with Gasteiger partial charge in [0.1, 0.15) is 0 Å². The van der Waals surface area contributed by atoms with E-state index in [1.807, 2.05) is 11.8 Å². The van der Waals surface area contributed by atoms with Gasteiger partial charge in [-0.3, -0.25) is 4.90 Å². The molecule has 0 radical (unpaired) electrons. The van der Waals surface area contributed by atoms with Crippen molar-refractivity contribution in [1.82, 2.24) is 4.90 Å². The molecule has 0 aliphatic heterocycles. The molecule has 0 saturated carbocycles. The van der Waals surface area contributed by atoms with Crippen molar-refractivity contribution in [3.63, 3.8) is 0 Å². The molecular formula is C7H17NOS. The monoisotopic (exact) mass is 163 g/mol. The van der Waals surface area contributed by atoms with E-state index in [9.17, 15) is 0 Å². The van der Waals surface area contributed by atoms with E-state index in [1.54, 1.807) is 7.11 Å². The molecule has 62 valence electrons. The standard InChI is InChI=1S/C7H17NOS/c1-7(10-4)8(2)5-6-9-3/h7H,5-6H2,1-4H3. The van der Waals surface area contributed by atoms with Gasteiger partial charge in [-0.05, 0) is 20.2 Å². The van der Waals surface area contributed by atoms with E-state index in [2.05, 4.69) is 25.1 Å². The number of rotatable bonds is 5. The molecule has 1 atom stereocenters. The molecule has 0 amide bonds. The quantitative estimate of drug-likeness (QED) is 0.566. The van der Waals surface area contributed by atoms with Crippen molar-refractivity contribution in [3.8, 4) is 0 Å². The second-order valence-electron chi connectivity index (χ2n) is 2.31. The molecule has 2 nitrogen and oxygen atoms in total. The third-order valence-electron chi connectivity index (χ3n) is 1.61. The van der Waals surface area contributed by atoms with Gasteiger partial charge in [-0.25, -0.2) is 0 Å². The lowest BCUT2D eigenvalue weighted by atomic mass is 10.5. The molecule has 0 aromatic rings. The molecular weight excluding hydrogens is 146 g/mol. The topological polar surface area (TPSA) is 12.5 Å². The van der Waals surface area contributed by atoms with Gasteiger partial charge in [-0.1, -0.05) is 0 Å². The molecule has 1 unspecified atom stereocenters. The summed E-state index contributed by atoms with van der Waals surface area (Å²) in [4.78, 5) is 2.27. The highest BCUT2D eigenvalue weighted by Crippen LogP contribution is 2.07. The first kappa shape index (κ1) is 10.3. The maximum atomic E-state index is 4.96. The summed E-state index contributed by atoms with van der Waals surface area (Å²) in [5, 5.41) is 0.593. The number of ether oxygens (including phenoxy) is 1. The van der Waals surface area contributed by atoms with Crippen molar-refractivity contribution >= 4 is 11.8 Å². The van der Waals surface area contributed by atoms with Gasteiger partial charge in [0.15, 0.2) is 0 Å². The van der Waals surface area contributed by atoms with Crippen LogP contribution >= 0.6 is 11.8 Å². The molecule has 0 rings (SSSR count). The van der Waals surface area contributed by atoms with Crippen LogP contribution in [-0.2, 0) is 4.74 Å². The number of methoxy groups -OCH3 is 1. The van der Waals surface area contributed by atoms with Crippen molar-refractivity contribution in [2.45, 2.75) is 12.3 Å². The normalized spacial score (nSPS) is 14.1. The van der Waals surface area contributed by atoms with E-state index in [1.165, 1.54) is 0 Å². The Hall–Kier alpha value is 0.270. The van der Waals surface area contributed by atoms with Gasteiger partial charge in [-0.15, -0.1) is 11.8 Å². The Morgan fingerprint density at radius 1 is 1.60 bits per heavy atom. The maximum Gasteiger partial charge on any atom is 0.0589 e. The van der Waals surface area contributed by atoms with Crippen LogP contribution in [0, 0.1) is 0 Å². The lowest BCUT2D eigenvalue weighted by Gasteiger charge is -2.21. The van der Waals surface area contributed by atoms with Gasteiger partial charge in [0.05, 0.1) is 12.0 Å². The van der Waals surface area contributed by atoms with Gasteiger partial charge < -0.3 is 4.74 Å². The minimum atomic E-state index is 0.593. The fourth-order valence-corrected chi connectivity index (χ4v) is 1.06. The van der Waals surface area contributed by atoms with Crippen LogP contribution in [0.25, 0.3) is 0 Å². The van der Waals surface area contributed by atoms with E-state index in [4.69, 9.17) is 4.74 Å². The first-order chi connectivity index (χ1) is 4.72. The minimum absolute atomic E-state index is 0.593. The molecule has 0 saturated heterocycles. The summed E-state index contributed by atoms with van der Waals surface area (Å²) in [5.41, 5.74) is 0. The number of hydrogen-bond acceptors (Lipinski definition) is 3. The van der Waals surface area contributed by atoms with E-state index >= 15 is 0 Å². The van der Waals surface area contributed by atoms with Crippen LogP contribution in [0.5, 0.6) is 0 Å². The highest BCUT2D eigenvalue weighted by atomic mass is 32.2. The molecule has 3 heteroatoms. The zero-order valence-corrected chi connectivity index (χ0v) is 8.07. The summed E-state index contributed by atoms with van der Waals surface area (Å²) in [6.07, 6.45) is 2.12. The predicted molar refractivity (Wildman–Crippen MR) is 47.5 cm³/mol. The second kappa shape index (κ2) is 6.01. The van der Waals surface area contributed by atoms with Crippen LogP contribution in [0.4, 0.5) is 0 Å². The smallest absolute Gasteiger partial charge is 0.0589 e. The van der Waals surface area contributed by atoms with Crippen molar-refractivity contribution in [3.05, 3.63) is 0 Å². The van der Waals surface area contributed by atoms with Crippen molar-refractivity contribution in [1.29, 1.82) is 0 Å². The predicted octanol–water partition coefficient (Wildman–Crippen LogP) is 1.27. The fraction of sp³-hybridized carbons (Fsp3) is 1.00. The van der Waals surface area contributed by atoms with Gasteiger partial charge in [0.2, 0.25) is 0 Å². The van der Waals surface area contributed by atoms with Crippen LogP contribution < -0.4 is 0 Å². The van der Waals surface area contributed by atoms with Crippen molar-refractivity contribution in [2.24, 2.45) is 0 Å². The summed E-state index contributed by atoms with van der Waals surface area (Å²) in [6.45, 7) is 4.03. The van der Waals surface area contributed by atoms with Gasteiger partial charge in [-0.2, -0.15) is 0 Å². The third-order valence-corrected chi connectivity index (χ3v) is 2.65. The zero-order chi connectivity index (χ0) is 7.98. The second-order valence-corrected chi connectivity index (χ2v) is 3.46. The molecule has 0 spiro atoms. The SMILES string of the molecule is COCCN(C)C(C)SC. The summed E-state index contributed by atoms with van der Waals surface area (Å²) < 4.78 is 4.96. The van der Waals surface area contributed by atoms with Crippen LogP contribution in [-0.4, -0.2) is 43.8 Å². The number of likely N-dealkylation sites (N-methyl/N-ethyl adjacent to an activating group) is 1. The summed E-state index contributed by atoms with van der Waals surface area (Å²) in [5.74, 6) is 0. The number of thioether (sulfide) groups is 1. The molecule has 0 bridgehead atoms. The Labute approximate surface area is 67.9 Å². The fourth-order valence-electron chi connectivity index (χ4n) is 0.597. The highest BCUT2D eigenvalue weighted by Gasteiger charge is 2.04.